The second-order valence-electron chi connectivity index (χ2n) is 8.30. The topological polar surface area (TPSA) is 77.8 Å². The van der Waals surface area contributed by atoms with Gasteiger partial charge in [-0.2, -0.15) is 5.11 Å². The van der Waals surface area contributed by atoms with Gasteiger partial charge in [0.25, 0.3) is 0 Å². The van der Waals surface area contributed by atoms with Crippen molar-refractivity contribution < 1.29 is 18.9 Å². The molecule has 35 heavy (non-hydrogen) atoms. The summed E-state index contributed by atoms with van der Waals surface area (Å²) in [4.78, 5) is 6.90. The van der Waals surface area contributed by atoms with Crippen molar-refractivity contribution in [1.29, 1.82) is 0 Å². The van der Waals surface area contributed by atoms with Crippen LogP contribution in [-0.4, -0.2) is 52.1 Å². The predicted molar refractivity (Wildman–Crippen MR) is 135 cm³/mol. The maximum atomic E-state index is 6.12. The molecule has 3 aromatic rings. The van der Waals surface area contributed by atoms with Crippen molar-refractivity contribution in [1.82, 2.24) is 4.98 Å². The van der Waals surface area contributed by atoms with Gasteiger partial charge in [0, 0.05) is 31.6 Å². The van der Waals surface area contributed by atoms with Crippen molar-refractivity contribution >= 4 is 11.6 Å². The first-order valence-electron chi connectivity index (χ1n) is 11.8. The standard InChI is InChI=1S/C27H32N4O4/c1-20-5-4-6-22(15-20)19-28-30-26-17-23(18-27(29-26)31-10-13-34-14-11-31)35-12-9-21-7-8-24(32-2)25(16-21)33-3/h4-8,15-18H,9-14,19H2,1-3H3. The van der Waals surface area contributed by atoms with E-state index in [1.807, 2.05) is 42.5 Å². The second kappa shape index (κ2) is 12.2. The first kappa shape index (κ1) is 24.5. The average molecular weight is 477 g/mol. The van der Waals surface area contributed by atoms with Gasteiger partial charge in [-0.3, -0.25) is 0 Å². The molecule has 8 heteroatoms. The van der Waals surface area contributed by atoms with E-state index in [0.717, 1.165) is 36.5 Å². The zero-order chi connectivity index (χ0) is 24.5. The molecule has 0 saturated carbocycles. The first-order chi connectivity index (χ1) is 17.1. The predicted octanol–water partition coefficient (Wildman–Crippen LogP) is 5.15. The van der Waals surface area contributed by atoms with Crippen molar-refractivity contribution in [2.24, 2.45) is 10.2 Å². The monoisotopic (exact) mass is 476 g/mol. The average Bonchev–Trinajstić information content (AvgIpc) is 2.89. The zero-order valence-electron chi connectivity index (χ0n) is 20.6. The molecule has 2 aromatic carbocycles. The lowest BCUT2D eigenvalue weighted by atomic mass is 10.1. The van der Waals surface area contributed by atoms with Gasteiger partial charge in [-0.15, -0.1) is 5.11 Å². The van der Waals surface area contributed by atoms with Gasteiger partial charge in [0.05, 0.1) is 40.6 Å². The van der Waals surface area contributed by atoms with Crippen LogP contribution in [0.25, 0.3) is 0 Å². The van der Waals surface area contributed by atoms with Crippen LogP contribution in [0.2, 0.25) is 0 Å². The Balaban J connectivity index is 1.46. The molecule has 1 aromatic heterocycles. The van der Waals surface area contributed by atoms with Crippen molar-refractivity contribution in [3.63, 3.8) is 0 Å². The van der Waals surface area contributed by atoms with E-state index < -0.39 is 0 Å². The third-order valence-corrected chi connectivity index (χ3v) is 5.72. The Morgan fingerprint density at radius 2 is 1.77 bits per heavy atom. The summed E-state index contributed by atoms with van der Waals surface area (Å²) in [6.07, 6.45) is 0.722. The van der Waals surface area contributed by atoms with Gasteiger partial charge < -0.3 is 23.8 Å². The minimum atomic E-state index is 0.501. The maximum Gasteiger partial charge on any atom is 0.179 e. The molecular weight excluding hydrogens is 444 g/mol. The van der Waals surface area contributed by atoms with Gasteiger partial charge in [0.15, 0.2) is 17.3 Å². The molecular formula is C27H32N4O4. The van der Waals surface area contributed by atoms with Crippen molar-refractivity contribution in [2.45, 2.75) is 19.9 Å². The van der Waals surface area contributed by atoms with E-state index in [2.05, 4.69) is 34.2 Å². The molecule has 4 rings (SSSR count). The van der Waals surface area contributed by atoms with Gasteiger partial charge in [-0.1, -0.05) is 35.9 Å². The van der Waals surface area contributed by atoms with Gasteiger partial charge in [-0.05, 0) is 30.2 Å². The number of rotatable bonds is 10. The molecule has 1 aliphatic heterocycles. The normalized spacial score (nSPS) is 13.7. The maximum absolute atomic E-state index is 6.12. The van der Waals surface area contributed by atoms with Crippen LogP contribution in [-0.2, 0) is 17.7 Å². The van der Waals surface area contributed by atoms with Crippen molar-refractivity contribution in [2.75, 3.05) is 52.0 Å². The number of morpholine rings is 1. The van der Waals surface area contributed by atoms with Gasteiger partial charge >= 0.3 is 0 Å². The highest BCUT2D eigenvalue weighted by atomic mass is 16.5. The summed E-state index contributed by atoms with van der Waals surface area (Å²) >= 11 is 0. The molecule has 0 atom stereocenters. The van der Waals surface area contributed by atoms with Gasteiger partial charge in [0.2, 0.25) is 0 Å². The highest BCUT2D eigenvalue weighted by molar-refractivity contribution is 5.51. The summed E-state index contributed by atoms with van der Waals surface area (Å²) in [5, 5.41) is 8.78. The lowest BCUT2D eigenvalue weighted by Gasteiger charge is -2.28. The van der Waals surface area contributed by atoms with Crippen LogP contribution in [0.3, 0.4) is 0 Å². The quantitative estimate of drug-likeness (QED) is 0.377. The number of anilines is 1. The smallest absolute Gasteiger partial charge is 0.179 e. The first-order valence-corrected chi connectivity index (χ1v) is 11.8. The highest BCUT2D eigenvalue weighted by Gasteiger charge is 2.15. The molecule has 184 valence electrons. The summed E-state index contributed by atoms with van der Waals surface area (Å²) < 4.78 is 22.3. The number of azo groups is 1. The molecule has 1 saturated heterocycles. The molecule has 0 radical (unpaired) electrons. The number of hydrogen-bond acceptors (Lipinski definition) is 8. The number of ether oxygens (including phenoxy) is 4. The molecule has 0 N–H and O–H groups in total. The summed E-state index contributed by atoms with van der Waals surface area (Å²) in [7, 11) is 3.27. The minimum Gasteiger partial charge on any atom is -0.493 e. The fourth-order valence-electron chi connectivity index (χ4n) is 3.89. The minimum absolute atomic E-state index is 0.501. The Kier molecular flexibility index (Phi) is 8.51. The van der Waals surface area contributed by atoms with E-state index in [4.69, 9.17) is 23.9 Å². The molecule has 0 spiro atoms. The van der Waals surface area contributed by atoms with Crippen LogP contribution in [0.4, 0.5) is 11.6 Å². The van der Waals surface area contributed by atoms with Crippen LogP contribution in [0, 0.1) is 6.92 Å². The largest absolute Gasteiger partial charge is 0.493 e. The van der Waals surface area contributed by atoms with Crippen LogP contribution >= 0.6 is 0 Å². The number of pyridine rings is 1. The molecule has 1 aliphatic rings. The Morgan fingerprint density at radius 3 is 2.54 bits per heavy atom. The Bertz CT molecular complexity index is 1150. The number of methoxy groups -OCH3 is 2. The molecule has 8 nitrogen and oxygen atoms in total. The fraction of sp³-hybridized carbons (Fsp3) is 0.370. The number of aryl methyl sites for hydroxylation is 1. The van der Waals surface area contributed by atoms with Crippen LogP contribution in [0.15, 0.2) is 64.8 Å². The van der Waals surface area contributed by atoms with Crippen LogP contribution in [0.1, 0.15) is 16.7 Å². The highest BCUT2D eigenvalue weighted by Crippen LogP contribution is 2.29. The summed E-state index contributed by atoms with van der Waals surface area (Å²) in [6.45, 7) is 5.98. The van der Waals surface area contributed by atoms with E-state index in [1.54, 1.807) is 14.2 Å². The van der Waals surface area contributed by atoms with Gasteiger partial charge in [-0.25, -0.2) is 4.98 Å². The van der Waals surface area contributed by atoms with E-state index in [0.29, 0.717) is 49.4 Å². The van der Waals surface area contributed by atoms with E-state index in [-0.39, 0.29) is 0 Å². The Labute approximate surface area is 206 Å². The third-order valence-electron chi connectivity index (χ3n) is 5.72. The van der Waals surface area contributed by atoms with Crippen molar-refractivity contribution in [3.05, 3.63) is 71.3 Å². The van der Waals surface area contributed by atoms with Gasteiger partial charge in [0.1, 0.15) is 11.6 Å². The lowest BCUT2D eigenvalue weighted by Crippen LogP contribution is -2.36. The summed E-state index contributed by atoms with van der Waals surface area (Å²) in [6, 6.07) is 17.9. The second-order valence-corrected chi connectivity index (χ2v) is 8.30. The number of benzene rings is 2. The Morgan fingerprint density at radius 1 is 0.943 bits per heavy atom. The van der Waals surface area contributed by atoms with Crippen molar-refractivity contribution in [3.8, 4) is 17.2 Å². The van der Waals surface area contributed by atoms with Crippen LogP contribution < -0.4 is 19.1 Å². The Hall–Kier alpha value is -3.65. The third kappa shape index (κ3) is 6.93. The number of aromatic nitrogens is 1. The molecule has 0 unspecified atom stereocenters. The van der Waals surface area contributed by atoms with E-state index >= 15 is 0 Å². The lowest BCUT2D eigenvalue weighted by molar-refractivity contribution is 0.122. The molecule has 0 amide bonds. The SMILES string of the molecule is COc1ccc(CCOc2cc(N=NCc3cccc(C)c3)nc(N3CCOCC3)c2)cc1OC. The van der Waals surface area contributed by atoms with E-state index in [1.165, 1.54) is 5.56 Å². The number of nitrogens with zero attached hydrogens (tertiary/aromatic N) is 4. The molecule has 0 bridgehead atoms. The molecule has 0 aliphatic carbocycles. The molecule has 1 fully saturated rings. The number of hydrogen-bond donors (Lipinski definition) is 0. The summed E-state index contributed by atoms with van der Waals surface area (Å²) in [5.41, 5.74) is 3.42. The zero-order valence-corrected chi connectivity index (χ0v) is 20.6. The van der Waals surface area contributed by atoms with Crippen LogP contribution in [0.5, 0.6) is 17.2 Å². The fourth-order valence-corrected chi connectivity index (χ4v) is 3.89. The van der Waals surface area contributed by atoms with E-state index in [9.17, 15) is 0 Å². The molecule has 2 heterocycles. The summed E-state index contributed by atoms with van der Waals surface area (Å²) in [5.74, 6) is 3.48.